The van der Waals surface area contributed by atoms with Crippen molar-refractivity contribution in [2.24, 2.45) is 0 Å². The van der Waals surface area contributed by atoms with Gasteiger partial charge in [-0.2, -0.15) is 0 Å². The summed E-state index contributed by atoms with van der Waals surface area (Å²) in [6.45, 7) is -0.455. The zero-order valence-electron chi connectivity index (χ0n) is 11.5. The number of imide groups is 1. The molecule has 2 amide bonds. The summed E-state index contributed by atoms with van der Waals surface area (Å²) in [6.07, 6.45) is 0. The Balaban J connectivity index is 1.97. The van der Waals surface area contributed by atoms with E-state index in [1.54, 1.807) is 0 Å². The third-order valence-electron chi connectivity index (χ3n) is 3.53. The molecule has 1 heterocycles. The molecule has 0 unspecified atom stereocenters. The Bertz CT molecular complexity index is 867. The second-order valence-electron chi connectivity index (χ2n) is 4.90. The number of non-ortho nitro benzene ring substituents is 1. The van der Waals surface area contributed by atoms with Gasteiger partial charge in [-0.15, -0.1) is 0 Å². The highest BCUT2D eigenvalue weighted by molar-refractivity contribution is 6.21. The monoisotopic (exact) mass is 318 g/mol. The number of hydrogen-bond acceptors (Lipinski definition) is 4. The molecule has 0 saturated heterocycles. The van der Waals surface area contributed by atoms with Crippen LogP contribution in [-0.4, -0.2) is 21.6 Å². The van der Waals surface area contributed by atoms with Crippen LogP contribution in [0.3, 0.4) is 0 Å². The number of nitrogens with zero attached hydrogens (tertiary/aromatic N) is 2. The highest BCUT2D eigenvalue weighted by atomic mass is 19.2. The van der Waals surface area contributed by atoms with E-state index < -0.39 is 34.9 Å². The summed E-state index contributed by atoms with van der Waals surface area (Å²) in [5, 5.41) is 10.7. The van der Waals surface area contributed by atoms with Crippen molar-refractivity contribution >= 4 is 17.5 Å². The van der Waals surface area contributed by atoms with E-state index in [9.17, 15) is 28.5 Å². The molecule has 0 spiro atoms. The van der Waals surface area contributed by atoms with E-state index in [0.29, 0.717) is 0 Å². The summed E-state index contributed by atoms with van der Waals surface area (Å²) in [5.74, 6) is -3.72. The molecule has 8 heteroatoms. The van der Waals surface area contributed by atoms with Crippen molar-refractivity contribution in [2.45, 2.75) is 6.54 Å². The van der Waals surface area contributed by atoms with Gasteiger partial charge in [0.2, 0.25) is 0 Å². The van der Waals surface area contributed by atoms with Crippen LogP contribution >= 0.6 is 0 Å². The molecule has 3 rings (SSSR count). The van der Waals surface area contributed by atoms with Crippen molar-refractivity contribution < 1.29 is 23.3 Å². The van der Waals surface area contributed by atoms with Crippen LogP contribution in [0.5, 0.6) is 0 Å². The van der Waals surface area contributed by atoms with Crippen LogP contribution in [-0.2, 0) is 6.54 Å². The molecule has 6 nitrogen and oxygen atoms in total. The Morgan fingerprint density at radius 2 is 1.74 bits per heavy atom. The molecule has 116 valence electrons. The summed E-state index contributed by atoms with van der Waals surface area (Å²) >= 11 is 0. The smallest absolute Gasteiger partial charge is 0.270 e. The minimum absolute atomic E-state index is 0.00240. The first kappa shape index (κ1) is 14.8. The van der Waals surface area contributed by atoms with Gasteiger partial charge in [-0.05, 0) is 12.1 Å². The third kappa shape index (κ3) is 2.33. The lowest BCUT2D eigenvalue weighted by Crippen LogP contribution is -2.29. The van der Waals surface area contributed by atoms with Gasteiger partial charge in [-0.1, -0.05) is 12.1 Å². The van der Waals surface area contributed by atoms with E-state index in [2.05, 4.69) is 0 Å². The van der Waals surface area contributed by atoms with Gasteiger partial charge in [0.1, 0.15) is 0 Å². The fourth-order valence-electron chi connectivity index (χ4n) is 2.38. The largest absolute Gasteiger partial charge is 0.270 e. The number of carbonyl (C=O) groups excluding carboxylic acids is 2. The number of nitro benzene ring substituents is 1. The summed E-state index contributed by atoms with van der Waals surface area (Å²) in [4.78, 5) is 35.2. The highest BCUT2D eigenvalue weighted by Gasteiger charge is 2.37. The molecule has 23 heavy (non-hydrogen) atoms. The van der Waals surface area contributed by atoms with Crippen LogP contribution in [0, 0.1) is 21.7 Å². The summed E-state index contributed by atoms with van der Waals surface area (Å²) in [5.41, 5.74) is -0.615. The van der Waals surface area contributed by atoms with Crippen LogP contribution in [0.15, 0.2) is 36.4 Å². The van der Waals surface area contributed by atoms with Gasteiger partial charge in [0.15, 0.2) is 11.6 Å². The van der Waals surface area contributed by atoms with Gasteiger partial charge in [0.05, 0.1) is 22.6 Å². The molecule has 0 aliphatic carbocycles. The summed E-state index contributed by atoms with van der Waals surface area (Å²) in [7, 11) is 0. The number of carbonyl (C=O) groups is 2. The average Bonchev–Trinajstić information content (AvgIpc) is 2.76. The zero-order chi connectivity index (χ0) is 16.7. The van der Waals surface area contributed by atoms with Gasteiger partial charge in [-0.3, -0.25) is 24.6 Å². The van der Waals surface area contributed by atoms with E-state index >= 15 is 0 Å². The van der Waals surface area contributed by atoms with Gasteiger partial charge < -0.3 is 0 Å². The van der Waals surface area contributed by atoms with Crippen molar-refractivity contribution in [3.63, 3.8) is 0 Å². The average molecular weight is 318 g/mol. The Labute approximate surface area is 128 Å². The summed E-state index contributed by atoms with van der Waals surface area (Å²) < 4.78 is 26.9. The van der Waals surface area contributed by atoms with Crippen molar-refractivity contribution in [2.75, 3.05) is 0 Å². The predicted octanol–water partition coefficient (Wildman–Crippen LogP) is 2.67. The third-order valence-corrected chi connectivity index (χ3v) is 3.53. The number of halogens is 2. The Morgan fingerprint density at radius 1 is 1.04 bits per heavy atom. The Morgan fingerprint density at radius 3 is 2.43 bits per heavy atom. The lowest BCUT2D eigenvalue weighted by molar-refractivity contribution is -0.384. The minimum Gasteiger partial charge on any atom is -0.270 e. The second kappa shape index (κ2) is 5.24. The van der Waals surface area contributed by atoms with Crippen LogP contribution in [0.25, 0.3) is 0 Å². The molecule has 0 aromatic heterocycles. The molecule has 1 aliphatic rings. The maximum absolute atomic E-state index is 13.7. The number of amides is 2. The molecule has 1 aliphatic heterocycles. The van der Waals surface area contributed by atoms with E-state index in [1.807, 2.05) is 0 Å². The zero-order valence-corrected chi connectivity index (χ0v) is 11.5. The van der Waals surface area contributed by atoms with E-state index in [1.165, 1.54) is 18.2 Å². The predicted molar refractivity (Wildman–Crippen MR) is 73.7 cm³/mol. The Kier molecular flexibility index (Phi) is 3.36. The first-order chi connectivity index (χ1) is 10.9. The Hall–Kier alpha value is -3.16. The number of fused-ring (bicyclic) bond motifs is 1. The van der Waals surface area contributed by atoms with Crippen molar-refractivity contribution in [3.05, 3.63) is 74.8 Å². The lowest BCUT2D eigenvalue weighted by Gasteiger charge is -2.14. The molecule has 2 aromatic carbocycles. The fourth-order valence-corrected chi connectivity index (χ4v) is 2.38. The molecule has 2 aromatic rings. The van der Waals surface area contributed by atoms with E-state index in [4.69, 9.17) is 0 Å². The second-order valence-corrected chi connectivity index (χ2v) is 4.90. The standard InChI is InChI=1S/C15H8F2N2O4/c16-12-3-1-2-8(13(12)17)7-18-14(20)10-5-4-9(19(22)23)6-11(10)15(18)21/h1-6H,7H2. The maximum Gasteiger partial charge on any atom is 0.270 e. The molecule has 0 N–H and O–H groups in total. The van der Waals surface area contributed by atoms with Crippen molar-refractivity contribution in [3.8, 4) is 0 Å². The molecule has 0 fully saturated rings. The van der Waals surface area contributed by atoms with Gasteiger partial charge in [-0.25, -0.2) is 8.78 Å². The van der Waals surface area contributed by atoms with Crippen molar-refractivity contribution in [1.82, 2.24) is 4.90 Å². The van der Waals surface area contributed by atoms with Crippen LogP contribution in [0.4, 0.5) is 14.5 Å². The normalized spacial score (nSPS) is 13.4. The van der Waals surface area contributed by atoms with E-state index in [0.717, 1.165) is 23.1 Å². The maximum atomic E-state index is 13.7. The number of nitro groups is 1. The topological polar surface area (TPSA) is 80.5 Å². The van der Waals surface area contributed by atoms with Gasteiger partial charge in [0, 0.05) is 17.7 Å². The molecule has 0 saturated carbocycles. The number of rotatable bonds is 3. The van der Waals surface area contributed by atoms with Crippen LogP contribution in [0.2, 0.25) is 0 Å². The SMILES string of the molecule is O=C1c2ccc([N+](=O)[O-])cc2C(=O)N1Cc1cccc(F)c1F. The minimum atomic E-state index is -1.14. The van der Waals surface area contributed by atoms with Crippen molar-refractivity contribution in [1.29, 1.82) is 0 Å². The lowest BCUT2D eigenvalue weighted by atomic mass is 10.1. The molecular weight excluding hydrogens is 310 g/mol. The van der Waals surface area contributed by atoms with Crippen LogP contribution in [0.1, 0.15) is 26.3 Å². The number of benzene rings is 2. The van der Waals surface area contributed by atoms with Gasteiger partial charge in [0.25, 0.3) is 17.5 Å². The molecule has 0 radical (unpaired) electrons. The molecule has 0 atom stereocenters. The fraction of sp³-hybridized carbons (Fsp3) is 0.0667. The quantitative estimate of drug-likeness (QED) is 0.495. The highest BCUT2D eigenvalue weighted by Crippen LogP contribution is 2.28. The molecule has 0 bridgehead atoms. The van der Waals surface area contributed by atoms with Gasteiger partial charge >= 0.3 is 0 Å². The first-order valence-corrected chi connectivity index (χ1v) is 6.47. The van der Waals surface area contributed by atoms with E-state index in [-0.39, 0.29) is 22.4 Å². The molecular formula is C15H8F2N2O4. The summed E-state index contributed by atoms with van der Waals surface area (Å²) in [6, 6.07) is 6.72. The first-order valence-electron chi connectivity index (χ1n) is 6.47. The van der Waals surface area contributed by atoms with Crippen LogP contribution < -0.4 is 0 Å². The number of hydrogen-bond donors (Lipinski definition) is 0.